The van der Waals surface area contributed by atoms with Gasteiger partial charge in [0.25, 0.3) is 0 Å². The molecule has 1 aliphatic heterocycles. The number of nitrogens with zero attached hydrogens (tertiary/aromatic N) is 1. The minimum Gasteiger partial charge on any atom is -0.505 e. The van der Waals surface area contributed by atoms with E-state index in [0.717, 1.165) is 37.3 Å². The Kier molecular flexibility index (Phi) is 7.39. The normalized spacial score (nSPS) is 20.5. The summed E-state index contributed by atoms with van der Waals surface area (Å²) in [4.78, 5) is 2.42. The van der Waals surface area contributed by atoms with Gasteiger partial charge in [-0.3, -0.25) is 4.90 Å². The molecule has 1 saturated heterocycles. The lowest BCUT2D eigenvalue weighted by atomic mass is 9.75. The number of phenolic OH excluding ortho intramolecular Hbond substituents is 1. The second-order valence-electron chi connectivity index (χ2n) is 6.05. The Morgan fingerprint density at radius 2 is 1.86 bits per heavy atom. The van der Waals surface area contributed by atoms with Crippen LogP contribution in [0.4, 0.5) is 4.39 Å². The molecule has 0 unspecified atom stereocenters. The van der Waals surface area contributed by atoms with Crippen LogP contribution in [0.15, 0.2) is 12.1 Å². The second kappa shape index (κ2) is 8.34. The molecule has 0 aromatic heterocycles. The number of halogens is 3. The lowest BCUT2D eigenvalue weighted by Gasteiger charge is -2.44. The summed E-state index contributed by atoms with van der Waals surface area (Å²) < 4.78 is 13.8. The first kappa shape index (κ1) is 19.5. The molecule has 1 aromatic rings. The predicted octanol–water partition coefficient (Wildman–Crippen LogP) is 3.43. The van der Waals surface area contributed by atoms with Crippen LogP contribution in [-0.2, 0) is 0 Å². The van der Waals surface area contributed by atoms with E-state index in [0.29, 0.717) is 5.92 Å². The first-order chi connectivity index (χ1) is 9.68. The first-order valence-corrected chi connectivity index (χ1v) is 7.61. The third-order valence-electron chi connectivity index (χ3n) is 4.82. The van der Waals surface area contributed by atoms with Crippen molar-refractivity contribution in [3.8, 4) is 5.75 Å². The van der Waals surface area contributed by atoms with Gasteiger partial charge in [0.15, 0.2) is 11.6 Å². The Labute approximate surface area is 144 Å². The zero-order valence-electron chi connectivity index (χ0n) is 12.8. The third-order valence-corrected chi connectivity index (χ3v) is 4.82. The highest BCUT2D eigenvalue weighted by molar-refractivity contribution is 5.85. The van der Waals surface area contributed by atoms with Gasteiger partial charge in [-0.25, -0.2) is 4.39 Å². The number of aryl methyl sites for hydroxylation is 1. The van der Waals surface area contributed by atoms with Gasteiger partial charge in [0, 0.05) is 37.8 Å². The summed E-state index contributed by atoms with van der Waals surface area (Å²) in [6.07, 6.45) is 3.62. The van der Waals surface area contributed by atoms with Crippen molar-refractivity contribution in [2.24, 2.45) is 5.92 Å². The Hall–Kier alpha value is -0.550. The highest BCUT2D eigenvalue weighted by Gasteiger charge is 2.36. The number of rotatable bonds is 3. The highest BCUT2D eigenvalue weighted by Crippen LogP contribution is 2.45. The van der Waals surface area contributed by atoms with Gasteiger partial charge < -0.3 is 10.4 Å². The highest BCUT2D eigenvalue weighted by atomic mass is 35.5. The van der Waals surface area contributed by atoms with Crippen molar-refractivity contribution in [2.75, 3.05) is 26.2 Å². The molecule has 0 amide bonds. The average molecular weight is 351 g/mol. The van der Waals surface area contributed by atoms with Gasteiger partial charge in [0.1, 0.15) is 0 Å². The summed E-state index contributed by atoms with van der Waals surface area (Å²) in [5, 5.41) is 13.6. The molecule has 0 radical (unpaired) electrons. The maximum absolute atomic E-state index is 13.8. The van der Waals surface area contributed by atoms with Crippen molar-refractivity contribution < 1.29 is 9.50 Å². The zero-order valence-corrected chi connectivity index (χ0v) is 14.5. The predicted molar refractivity (Wildman–Crippen MR) is 91.8 cm³/mol. The molecule has 1 atom stereocenters. The number of benzene rings is 1. The molecule has 1 heterocycles. The van der Waals surface area contributed by atoms with Crippen LogP contribution in [0.25, 0.3) is 0 Å². The van der Waals surface area contributed by atoms with E-state index in [2.05, 4.69) is 10.2 Å². The minimum absolute atomic E-state index is 0. The maximum Gasteiger partial charge on any atom is 0.165 e. The van der Waals surface area contributed by atoms with E-state index in [1.807, 2.05) is 6.92 Å². The van der Waals surface area contributed by atoms with E-state index in [9.17, 15) is 9.50 Å². The Morgan fingerprint density at radius 3 is 2.41 bits per heavy atom. The molecule has 1 aliphatic carbocycles. The summed E-state index contributed by atoms with van der Waals surface area (Å²) in [6, 6.07) is 3.32. The van der Waals surface area contributed by atoms with E-state index < -0.39 is 5.82 Å². The van der Waals surface area contributed by atoms with Gasteiger partial charge in [-0.05, 0) is 37.3 Å². The standard InChI is InChI=1S/C16H23FN2O.2ClH/c1-11-5-6-13(17)16(20)14(11)15(12-3-2-4-12)19-9-7-18-8-10-19;;/h5-6,12,15,18,20H,2-4,7-10H2,1H3;2*1H/t15-;;/m0../s1. The molecule has 2 fully saturated rings. The van der Waals surface area contributed by atoms with Crippen LogP contribution in [-0.4, -0.2) is 36.2 Å². The molecule has 3 rings (SSSR count). The Morgan fingerprint density at radius 1 is 1.23 bits per heavy atom. The van der Waals surface area contributed by atoms with Crippen LogP contribution in [0, 0.1) is 18.7 Å². The molecule has 3 nitrogen and oxygen atoms in total. The van der Waals surface area contributed by atoms with Crippen molar-refractivity contribution in [2.45, 2.75) is 32.2 Å². The van der Waals surface area contributed by atoms with Crippen molar-refractivity contribution >= 4 is 24.8 Å². The van der Waals surface area contributed by atoms with Crippen molar-refractivity contribution in [3.05, 3.63) is 29.1 Å². The monoisotopic (exact) mass is 350 g/mol. The molecule has 2 N–H and O–H groups in total. The number of hydrogen-bond acceptors (Lipinski definition) is 3. The SMILES string of the molecule is Cc1ccc(F)c(O)c1[C@H](C1CCC1)N1CCNCC1.Cl.Cl. The van der Waals surface area contributed by atoms with Crippen LogP contribution in [0.5, 0.6) is 5.75 Å². The van der Waals surface area contributed by atoms with Crippen molar-refractivity contribution in [1.82, 2.24) is 10.2 Å². The average Bonchev–Trinajstić information content (AvgIpc) is 2.41. The van der Waals surface area contributed by atoms with Crippen LogP contribution in [0.1, 0.15) is 36.4 Å². The smallest absolute Gasteiger partial charge is 0.165 e. The van der Waals surface area contributed by atoms with Gasteiger partial charge in [0.05, 0.1) is 0 Å². The molecule has 0 spiro atoms. The van der Waals surface area contributed by atoms with Gasteiger partial charge in [0.2, 0.25) is 0 Å². The summed E-state index contributed by atoms with van der Waals surface area (Å²) in [6.45, 7) is 5.85. The maximum atomic E-state index is 13.8. The van der Waals surface area contributed by atoms with Crippen LogP contribution < -0.4 is 5.32 Å². The van der Waals surface area contributed by atoms with Crippen molar-refractivity contribution in [3.63, 3.8) is 0 Å². The summed E-state index contributed by atoms with van der Waals surface area (Å²) >= 11 is 0. The van der Waals surface area contributed by atoms with E-state index in [-0.39, 0.29) is 36.6 Å². The number of aromatic hydroxyl groups is 1. The Balaban J connectivity index is 0.00000121. The number of nitrogens with one attached hydrogen (secondary N) is 1. The number of phenols is 1. The molecular formula is C16H25Cl2FN2O. The van der Waals surface area contributed by atoms with Crippen molar-refractivity contribution in [1.29, 1.82) is 0 Å². The molecule has 6 heteroatoms. The molecular weight excluding hydrogens is 326 g/mol. The third kappa shape index (κ3) is 3.67. The lowest BCUT2D eigenvalue weighted by molar-refractivity contribution is 0.0811. The quantitative estimate of drug-likeness (QED) is 0.876. The molecule has 1 saturated carbocycles. The summed E-state index contributed by atoms with van der Waals surface area (Å²) in [5.74, 6) is -0.0787. The molecule has 22 heavy (non-hydrogen) atoms. The van der Waals surface area contributed by atoms with Crippen LogP contribution in [0.2, 0.25) is 0 Å². The molecule has 2 aliphatic rings. The second-order valence-corrected chi connectivity index (χ2v) is 6.05. The summed E-state index contributed by atoms with van der Waals surface area (Å²) in [7, 11) is 0. The fraction of sp³-hybridized carbons (Fsp3) is 0.625. The van der Waals surface area contributed by atoms with E-state index >= 15 is 0 Å². The lowest BCUT2D eigenvalue weighted by Crippen LogP contribution is -2.48. The zero-order chi connectivity index (χ0) is 14.1. The fourth-order valence-corrected chi connectivity index (χ4v) is 3.49. The molecule has 126 valence electrons. The van der Waals surface area contributed by atoms with E-state index in [1.165, 1.54) is 25.3 Å². The first-order valence-electron chi connectivity index (χ1n) is 7.61. The van der Waals surface area contributed by atoms with Gasteiger partial charge in [-0.2, -0.15) is 0 Å². The molecule has 1 aromatic carbocycles. The minimum atomic E-state index is -0.495. The largest absolute Gasteiger partial charge is 0.505 e. The Bertz CT molecular complexity index is 491. The van der Waals surface area contributed by atoms with E-state index in [1.54, 1.807) is 6.07 Å². The topological polar surface area (TPSA) is 35.5 Å². The van der Waals surface area contributed by atoms with E-state index in [4.69, 9.17) is 0 Å². The van der Waals surface area contributed by atoms with Crippen LogP contribution >= 0.6 is 24.8 Å². The number of hydrogen-bond donors (Lipinski definition) is 2. The fourth-order valence-electron chi connectivity index (χ4n) is 3.49. The summed E-state index contributed by atoms with van der Waals surface area (Å²) in [5.41, 5.74) is 1.82. The van der Waals surface area contributed by atoms with Crippen LogP contribution in [0.3, 0.4) is 0 Å². The van der Waals surface area contributed by atoms with Gasteiger partial charge >= 0.3 is 0 Å². The van der Waals surface area contributed by atoms with Gasteiger partial charge in [-0.15, -0.1) is 24.8 Å². The number of piperazine rings is 1. The van der Waals surface area contributed by atoms with Gasteiger partial charge in [-0.1, -0.05) is 12.5 Å². The molecule has 0 bridgehead atoms.